The molecule has 0 bridgehead atoms. The maximum Gasteiger partial charge on any atom is 0.209 e. The third-order valence-electron chi connectivity index (χ3n) is 3.51. The van der Waals surface area contributed by atoms with Crippen LogP contribution in [0.4, 0.5) is 5.82 Å². The number of pyridine rings is 1. The van der Waals surface area contributed by atoms with Crippen molar-refractivity contribution < 1.29 is 4.74 Å². The number of nitroso groups, excluding NO2 is 1. The van der Waals surface area contributed by atoms with Gasteiger partial charge in [-0.25, -0.2) is 4.98 Å². The average molecular weight is 281 g/mol. The molecular formula is C16H15N3O2. The molecule has 0 saturated heterocycles. The highest BCUT2D eigenvalue weighted by molar-refractivity contribution is 5.75. The van der Waals surface area contributed by atoms with Crippen LogP contribution in [0.25, 0.3) is 16.9 Å². The molecule has 0 fully saturated rings. The lowest BCUT2D eigenvalue weighted by molar-refractivity contribution is 0.412. The summed E-state index contributed by atoms with van der Waals surface area (Å²) in [7, 11) is 1.63. The molecular weight excluding hydrogens is 266 g/mol. The first-order chi connectivity index (χ1) is 10.1. The maximum atomic E-state index is 11.2. The quantitative estimate of drug-likeness (QED) is 0.681. The first-order valence-electron chi connectivity index (χ1n) is 6.61. The Morgan fingerprint density at radius 3 is 2.67 bits per heavy atom. The van der Waals surface area contributed by atoms with E-state index < -0.39 is 0 Å². The minimum atomic E-state index is 0.314. The summed E-state index contributed by atoms with van der Waals surface area (Å²) >= 11 is 0. The summed E-state index contributed by atoms with van der Waals surface area (Å²) in [4.78, 5) is 15.8. The average Bonchev–Trinajstić information content (AvgIpc) is 2.84. The Labute approximate surface area is 122 Å². The molecule has 2 aromatic heterocycles. The van der Waals surface area contributed by atoms with Gasteiger partial charge >= 0.3 is 0 Å². The predicted octanol–water partition coefficient (Wildman–Crippen LogP) is 4.02. The van der Waals surface area contributed by atoms with E-state index in [0.717, 1.165) is 22.4 Å². The van der Waals surface area contributed by atoms with Crippen LogP contribution in [-0.2, 0) is 0 Å². The van der Waals surface area contributed by atoms with E-state index in [9.17, 15) is 4.91 Å². The normalized spacial score (nSPS) is 10.8. The van der Waals surface area contributed by atoms with Crippen molar-refractivity contribution in [2.45, 2.75) is 13.8 Å². The van der Waals surface area contributed by atoms with Crippen LogP contribution in [0.3, 0.4) is 0 Å². The van der Waals surface area contributed by atoms with Crippen molar-refractivity contribution in [2.24, 2.45) is 5.18 Å². The van der Waals surface area contributed by atoms with Gasteiger partial charge in [0.25, 0.3) is 0 Å². The maximum absolute atomic E-state index is 11.2. The molecule has 0 N–H and O–H groups in total. The summed E-state index contributed by atoms with van der Waals surface area (Å²) in [6.07, 6.45) is 1.81. The second kappa shape index (κ2) is 5.01. The molecule has 5 heteroatoms. The van der Waals surface area contributed by atoms with Crippen molar-refractivity contribution in [1.82, 2.24) is 9.38 Å². The van der Waals surface area contributed by atoms with Crippen LogP contribution >= 0.6 is 0 Å². The van der Waals surface area contributed by atoms with Crippen LogP contribution in [0.15, 0.2) is 41.7 Å². The summed E-state index contributed by atoms with van der Waals surface area (Å²) in [5, 5.41) is 3.16. The van der Waals surface area contributed by atoms with E-state index in [0.29, 0.717) is 17.2 Å². The van der Waals surface area contributed by atoms with Gasteiger partial charge in [-0.15, -0.1) is 4.91 Å². The van der Waals surface area contributed by atoms with Crippen molar-refractivity contribution in [3.05, 3.63) is 52.6 Å². The lowest BCUT2D eigenvalue weighted by atomic mass is 10.1. The van der Waals surface area contributed by atoms with Crippen LogP contribution < -0.4 is 4.74 Å². The summed E-state index contributed by atoms with van der Waals surface area (Å²) in [5.74, 6) is 1.12. The number of hydrogen-bond acceptors (Lipinski definition) is 4. The molecule has 3 aromatic rings. The molecule has 0 saturated carbocycles. The molecule has 0 spiro atoms. The molecule has 3 rings (SSSR count). The number of aromatic nitrogens is 2. The standard InChI is InChI=1S/C16H15N3O2/c1-10-6-7-19-14(8-10)17-15(16(19)18-20)12-4-5-13(21-3)11(2)9-12/h4-9H,1-3H3. The van der Waals surface area contributed by atoms with E-state index in [-0.39, 0.29) is 0 Å². The third kappa shape index (κ3) is 2.16. The SMILES string of the molecule is COc1ccc(-c2nc3cc(C)ccn3c2N=O)cc1C. The number of benzene rings is 1. The molecule has 0 amide bonds. The molecule has 2 heterocycles. The van der Waals surface area contributed by atoms with Gasteiger partial charge in [-0.2, -0.15) is 0 Å². The fourth-order valence-corrected chi connectivity index (χ4v) is 2.44. The van der Waals surface area contributed by atoms with Crippen molar-refractivity contribution in [3.63, 3.8) is 0 Å². The number of ether oxygens (including phenoxy) is 1. The van der Waals surface area contributed by atoms with Crippen molar-refractivity contribution in [3.8, 4) is 17.0 Å². The number of hydrogen-bond donors (Lipinski definition) is 0. The van der Waals surface area contributed by atoms with Crippen LogP contribution in [0, 0.1) is 18.8 Å². The van der Waals surface area contributed by atoms with Crippen molar-refractivity contribution >= 4 is 11.5 Å². The van der Waals surface area contributed by atoms with Gasteiger partial charge in [0.2, 0.25) is 5.82 Å². The summed E-state index contributed by atoms with van der Waals surface area (Å²) in [5.41, 5.74) is 4.22. The van der Waals surface area contributed by atoms with E-state index in [1.54, 1.807) is 11.5 Å². The van der Waals surface area contributed by atoms with Gasteiger partial charge in [0.15, 0.2) is 0 Å². The largest absolute Gasteiger partial charge is 0.496 e. The number of rotatable bonds is 3. The minimum absolute atomic E-state index is 0.314. The predicted molar refractivity (Wildman–Crippen MR) is 82.1 cm³/mol. The summed E-state index contributed by atoms with van der Waals surface area (Å²) in [6.45, 7) is 3.94. The molecule has 0 aliphatic heterocycles. The Balaban J connectivity index is 2.24. The van der Waals surface area contributed by atoms with E-state index in [2.05, 4.69) is 10.2 Å². The fraction of sp³-hybridized carbons (Fsp3) is 0.188. The van der Waals surface area contributed by atoms with Gasteiger partial charge in [0, 0.05) is 11.8 Å². The number of aryl methyl sites for hydroxylation is 2. The van der Waals surface area contributed by atoms with E-state index in [1.807, 2.05) is 50.4 Å². The second-order valence-corrected chi connectivity index (χ2v) is 4.99. The molecule has 0 aliphatic rings. The topological polar surface area (TPSA) is 56.0 Å². The molecule has 106 valence electrons. The molecule has 0 atom stereocenters. The summed E-state index contributed by atoms with van der Waals surface area (Å²) in [6, 6.07) is 9.55. The third-order valence-corrected chi connectivity index (χ3v) is 3.51. The van der Waals surface area contributed by atoms with Crippen LogP contribution in [-0.4, -0.2) is 16.5 Å². The van der Waals surface area contributed by atoms with Gasteiger partial charge in [-0.1, -0.05) is 0 Å². The van der Waals surface area contributed by atoms with Gasteiger partial charge < -0.3 is 4.74 Å². The molecule has 21 heavy (non-hydrogen) atoms. The fourth-order valence-electron chi connectivity index (χ4n) is 2.44. The molecule has 0 aliphatic carbocycles. The number of methoxy groups -OCH3 is 1. The zero-order chi connectivity index (χ0) is 15.0. The number of nitrogens with zero attached hydrogens (tertiary/aromatic N) is 3. The Morgan fingerprint density at radius 2 is 2.00 bits per heavy atom. The van der Waals surface area contributed by atoms with Gasteiger partial charge in [-0.3, -0.25) is 4.40 Å². The van der Waals surface area contributed by atoms with Crippen LogP contribution in [0.1, 0.15) is 11.1 Å². The molecule has 1 aromatic carbocycles. The van der Waals surface area contributed by atoms with E-state index in [4.69, 9.17) is 4.74 Å². The Kier molecular flexibility index (Phi) is 3.17. The monoisotopic (exact) mass is 281 g/mol. The van der Waals surface area contributed by atoms with Crippen LogP contribution in [0.2, 0.25) is 0 Å². The highest BCUT2D eigenvalue weighted by Gasteiger charge is 2.15. The Bertz CT molecular complexity index is 837. The molecule has 0 unspecified atom stereocenters. The lowest BCUT2D eigenvalue weighted by Crippen LogP contribution is -1.88. The number of imidazole rings is 1. The second-order valence-electron chi connectivity index (χ2n) is 4.99. The van der Waals surface area contributed by atoms with Gasteiger partial charge in [-0.05, 0) is 60.5 Å². The van der Waals surface area contributed by atoms with Crippen LogP contribution in [0.5, 0.6) is 5.75 Å². The summed E-state index contributed by atoms with van der Waals surface area (Å²) < 4.78 is 6.96. The van der Waals surface area contributed by atoms with Gasteiger partial charge in [0.1, 0.15) is 17.1 Å². The highest BCUT2D eigenvalue weighted by Crippen LogP contribution is 2.33. The Morgan fingerprint density at radius 1 is 1.19 bits per heavy atom. The molecule has 0 radical (unpaired) electrons. The Hall–Kier alpha value is -2.69. The number of fused-ring (bicyclic) bond motifs is 1. The van der Waals surface area contributed by atoms with Crippen molar-refractivity contribution in [1.29, 1.82) is 0 Å². The first kappa shape index (κ1) is 13.3. The van der Waals surface area contributed by atoms with E-state index >= 15 is 0 Å². The van der Waals surface area contributed by atoms with Crippen molar-refractivity contribution in [2.75, 3.05) is 7.11 Å². The minimum Gasteiger partial charge on any atom is -0.496 e. The smallest absolute Gasteiger partial charge is 0.209 e. The zero-order valence-electron chi connectivity index (χ0n) is 12.1. The van der Waals surface area contributed by atoms with E-state index in [1.165, 1.54) is 0 Å². The highest BCUT2D eigenvalue weighted by atomic mass is 16.5. The van der Waals surface area contributed by atoms with Gasteiger partial charge in [0.05, 0.1) is 7.11 Å². The lowest BCUT2D eigenvalue weighted by Gasteiger charge is -2.05. The first-order valence-corrected chi connectivity index (χ1v) is 6.61. The zero-order valence-corrected chi connectivity index (χ0v) is 12.1. The molecule has 5 nitrogen and oxygen atoms in total.